The van der Waals surface area contributed by atoms with Crippen molar-refractivity contribution in [3.05, 3.63) is 12.3 Å². The van der Waals surface area contributed by atoms with E-state index in [-0.39, 0.29) is 0 Å². The predicted molar refractivity (Wildman–Crippen MR) is 64.8 cm³/mol. The maximum Gasteiger partial charge on any atom is 0.0150 e. The van der Waals surface area contributed by atoms with Gasteiger partial charge in [-0.15, -0.1) is 0 Å². The SMILES string of the molecule is CC(C)(C)N1CCCC2(C=CNCC2)C1. The van der Waals surface area contributed by atoms with Gasteiger partial charge in [-0.25, -0.2) is 0 Å². The third-order valence-electron chi connectivity index (χ3n) is 3.88. The number of hydrogen-bond acceptors (Lipinski definition) is 2. The number of piperidine rings is 1. The number of nitrogens with zero attached hydrogens (tertiary/aromatic N) is 1. The van der Waals surface area contributed by atoms with Crippen LogP contribution in [0.25, 0.3) is 0 Å². The number of nitrogens with one attached hydrogen (secondary N) is 1. The van der Waals surface area contributed by atoms with Gasteiger partial charge in [0.05, 0.1) is 0 Å². The monoisotopic (exact) mass is 208 g/mol. The molecule has 2 heteroatoms. The molecule has 1 spiro atoms. The van der Waals surface area contributed by atoms with E-state index in [4.69, 9.17) is 0 Å². The standard InChI is InChI=1S/C13H24N2/c1-12(2,3)15-10-4-5-13(11-15)6-8-14-9-7-13/h6,8,14H,4-5,7,9-11H2,1-3H3. The summed E-state index contributed by atoms with van der Waals surface area (Å²) in [5.41, 5.74) is 0.795. The summed E-state index contributed by atoms with van der Waals surface area (Å²) < 4.78 is 0. The van der Waals surface area contributed by atoms with E-state index in [1.54, 1.807) is 0 Å². The van der Waals surface area contributed by atoms with Gasteiger partial charge in [-0.1, -0.05) is 6.08 Å². The predicted octanol–water partition coefficient (Wildman–Crippen LogP) is 2.37. The zero-order chi connectivity index (χ0) is 10.9. The molecule has 0 aromatic rings. The first-order chi connectivity index (χ1) is 7.02. The summed E-state index contributed by atoms with van der Waals surface area (Å²) in [6, 6.07) is 0. The van der Waals surface area contributed by atoms with Crippen molar-refractivity contribution in [3.8, 4) is 0 Å². The van der Waals surface area contributed by atoms with Crippen LogP contribution in [0.4, 0.5) is 0 Å². The van der Waals surface area contributed by atoms with Crippen LogP contribution < -0.4 is 5.32 Å². The van der Waals surface area contributed by atoms with E-state index in [1.807, 2.05) is 0 Å². The van der Waals surface area contributed by atoms with Crippen molar-refractivity contribution in [2.45, 2.75) is 45.6 Å². The minimum atomic E-state index is 0.326. The second-order valence-corrected chi connectivity index (χ2v) is 6.10. The van der Waals surface area contributed by atoms with E-state index >= 15 is 0 Å². The van der Waals surface area contributed by atoms with E-state index in [2.05, 4.69) is 43.3 Å². The molecule has 2 aliphatic rings. The van der Waals surface area contributed by atoms with Crippen molar-refractivity contribution in [2.75, 3.05) is 19.6 Å². The first-order valence-electron chi connectivity index (χ1n) is 6.18. The van der Waals surface area contributed by atoms with E-state index in [0.29, 0.717) is 11.0 Å². The molecule has 0 bridgehead atoms. The molecule has 0 saturated carbocycles. The third-order valence-corrected chi connectivity index (χ3v) is 3.88. The van der Waals surface area contributed by atoms with Gasteiger partial charge in [0.25, 0.3) is 0 Å². The molecule has 1 N–H and O–H groups in total. The zero-order valence-electron chi connectivity index (χ0n) is 10.3. The second-order valence-electron chi connectivity index (χ2n) is 6.10. The van der Waals surface area contributed by atoms with Gasteiger partial charge in [0.1, 0.15) is 0 Å². The molecule has 15 heavy (non-hydrogen) atoms. The fourth-order valence-electron chi connectivity index (χ4n) is 2.80. The van der Waals surface area contributed by atoms with Crippen LogP contribution in [0.3, 0.4) is 0 Å². The van der Waals surface area contributed by atoms with Crippen LogP contribution in [0.1, 0.15) is 40.0 Å². The lowest BCUT2D eigenvalue weighted by atomic mass is 9.75. The molecule has 2 rings (SSSR count). The van der Waals surface area contributed by atoms with Crippen LogP contribution in [0, 0.1) is 5.41 Å². The second kappa shape index (κ2) is 3.82. The summed E-state index contributed by atoms with van der Waals surface area (Å²) >= 11 is 0. The van der Waals surface area contributed by atoms with Crippen molar-refractivity contribution in [2.24, 2.45) is 5.41 Å². The van der Waals surface area contributed by atoms with Crippen LogP contribution >= 0.6 is 0 Å². The van der Waals surface area contributed by atoms with Crippen molar-refractivity contribution >= 4 is 0 Å². The Morgan fingerprint density at radius 2 is 2.07 bits per heavy atom. The molecule has 0 aromatic heterocycles. The van der Waals surface area contributed by atoms with Crippen LogP contribution in [0.5, 0.6) is 0 Å². The van der Waals surface area contributed by atoms with E-state index in [9.17, 15) is 0 Å². The maximum atomic E-state index is 3.31. The average Bonchev–Trinajstić information content (AvgIpc) is 2.18. The smallest absolute Gasteiger partial charge is 0.0150 e. The molecule has 2 aliphatic heterocycles. The number of rotatable bonds is 0. The Morgan fingerprint density at radius 3 is 2.67 bits per heavy atom. The molecule has 0 aromatic carbocycles. The summed E-state index contributed by atoms with van der Waals surface area (Å²) in [4.78, 5) is 2.64. The highest BCUT2D eigenvalue weighted by Gasteiger charge is 2.37. The molecule has 1 atom stereocenters. The Hall–Kier alpha value is -0.500. The molecular formula is C13H24N2. The van der Waals surface area contributed by atoms with Gasteiger partial charge >= 0.3 is 0 Å². The van der Waals surface area contributed by atoms with Gasteiger partial charge in [-0.2, -0.15) is 0 Å². The summed E-state index contributed by atoms with van der Waals surface area (Å²) in [5.74, 6) is 0. The largest absolute Gasteiger partial charge is 0.391 e. The molecule has 0 radical (unpaired) electrons. The van der Waals surface area contributed by atoms with Crippen molar-refractivity contribution in [1.29, 1.82) is 0 Å². The fraction of sp³-hybridized carbons (Fsp3) is 0.846. The van der Waals surface area contributed by atoms with Gasteiger partial charge in [0.2, 0.25) is 0 Å². The molecule has 1 saturated heterocycles. The van der Waals surface area contributed by atoms with Gasteiger partial charge < -0.3 is 5.32 Å². The minimum absolute atomic E-state index is 0.326. The number of hydrogen-bond donors (Lipinski definition) is 1. The first kappa shape index (κ1) is 11.0. The van der Waals surface area contributed by atoms with Crippen LogP contribution in [0.15, 0.2) is 12.3 Å². The van der Waals surface area contributed by atoms with Gasteiger partial charge in [-0.05, 0) is 52.8 Å². The molecule has 1 fully saturated rings. The Bertz CT molecular complexity index is 252. The highest BCUT2D eigenvalue weighted by atomic mass is 15.2. The topological polar surface area (TPSA) is 15.3 Å². The fourth-order valence-corrected chi connectivity index (χ4v) is 2.80. The lowest BCUT2D eigenvalue weighted by Gasteiger charge is -2.48. The Labute approximate surface area is 93.7 Å². The van der Waals surface area contributed by atoms with Gasteiger partial charge in [0, 0.05) is 24.0 Å². The van der Waals surface area contributed by atoms with Gasteiger partial charge in [0.15, 0.2) is 0 Å². The van der Waals surface area contributed by atoms with Crippen LogP contribution in [-0.2, 0) is 0 Å². The molecule has 0 aliphatic carbocycles. The van der Waals surface area contributed by atoms with Gasteiger partial charge in [-0.3, -0.25) is 4.90 Å². The zero-order valence-corrected chi connectivity index (χ0v) is 10.3. The summed E-state index contributed by atoms with van der Waals surface area (Å²) in [7, 11) is 0. The normalized spacial score (nSPS) is 33.0. The minimum Gasteiger partial charge on any atom is -0.391 e. The third kappa shape index (κ3) is 2.36. The number of likely N-dealkylation sites (tertiary alicyclic amines) is 1. The Morgan fingerprint density at radius 1 is 1.27 bits per heavy atom. The molecule has 86 valence electrons. The average molecular weight is 208 g/mol. The van der Waals surface area contributed by atoms with Crippen molar-refractivity contribution in [1.82, 2.24) is 10.2 Å². The quantitative estimate of drug-likeness (QED) is 0.657. The van der Waals surface area contributed by atoms with Crippen LogP contribution in [-0.4, -0.2) is 30.1 Å². The van der Waals surface area contributed by atoms with Crippen molar-refractivity contribution in [3.63, 3.8) is 0 Å². The lowest BCUT2D eigenvalue weighted by Crippen LogP contribution is -2.52. The van der Waals surface area contributed by atoms with E-state index in [1.165, 1.54) is 32.4 Å². The summed E-state index contributed by atoms with van der Waals surface area (Å²) in [6.07, 6.45) is 8.60. The Kier molecular flexibility index (Phi) is 2.80. The molecule has 1 unspecified atom stereocenters. The van der Waals surface area contributed by atoms with Crippen molar-refractivity contribution < 1.29 is 0 Å². The molecule has 2 nitrogen and oxygen atoms in total. The Balaban J connectivity index is 2.09. The highest BCUT2D eigenvalue weighted by molar-refractivity contribution is 5.07. The lowest BCUT2D eigenvalue weighted by molar-refractivity contribution is 0.0429. The first-order valence-corrected chi connectivity index (χ1v) is 6.18. The summed E-state index contributed by atoms with van der Waals surface area (Å²) in [6.45, 7) is 10.7. The highest BCUT2D eigenvalue weighted by Crippen LogP contribution is 2.38. The van der Waals surface area contributed by atoms with E-state index < -0.39 is 0 Å². The molecular weight excluding hydrogens is 184 g/mol. The molecule has 2 heterocycles. The van der Waals surface area contributed by atoms with Crippen LogP contribution in [0.2, 0.25) is 0 Å². The van der Waals surface area contributed by atoms with E-state index in [0.717, 1.165) is 6.54 Å². The summed E-state index contributed by atoms with van der Waals surface area (Å²) in [5, 5.41) is 3.31. The maximum absolute atomic E-state index is 3.31. The molecule has 0 amide bonds.